The number of alkyl halides is 3. The van der Waals surface area contributed by atoms with Crippen LogP contribution in [0.4, 0.5) is 13.2 Å². The second-order valence-corrected chi connectivity index (χ2v) is 4.89. The van der Waals surface area contributed by atoms with Gasteiger partial charge in [-0.3, -0.25) is 4.90 Å². The molecule has 1 fully saturated rings. The molecule has 6 heteroatoms. The molecule has 1 saturated carbocycles. The molecule has 0 aliphatic heterocycles. The normalized spacial score (nSPS) is 15.2. The van der Waals surface area contributed by atoms with E-state index in [1.807, 2.05) is 6.07 Å². The minimum atomic E-state index is -4.22. The van der Waals surface area contributed by atoms with Gasteiger partial charge in [0.05, 0.1) is 25.3 Å². The number of methoxy groups -OCH3 is 1. The SMILES string of the molecule is COc1ccc(C#N)cc1CN(CC(F)(F)F)C1CC1. The highest BCUT2D eigenvalue weighted by atomic mass is 19.4. The lowest BCUT2D eigenvalue weighted by molar-refractivity contribution is -0.148. The van der Waals surface area contributed by atoms with Crippen molar-refractivity contribution in [2.75, 3.05) is 13.7 Å². The molecule has 0 bridgehead atoms. The summed E-state index contributed by atoms with van der Waals surface area (Å²) in [7, 11) is 1.47. The third-order valence-electron chi connectivity index (χ3n) is 3.23. The van der Waals surface area contributed by atoms with Crippen molar-refractivity contribution in [3.63, 3.8) is 0 Å². The van der Waals surface area contributed by atoms with Crippen LogP contribution in [0.25, 0.3) is 0 Å². The van der Waals surface area contributed by atoms with Crippen molar-refractivity contribution in [3.05, 3.63) is 29.3 Å². The fourth-order valence-electron chi connectivity index (χ4n) is 2.17. The van der Waals surface area contributed by atoms with Gasteiger partial charge in [0.25, 0.3) is 0 Å². The molecule has 3 nitrogen and oxygen atoms in total. The van der Waals surface area contributed by atoms with E-state index in [9.17, 15) is 13.2 Å². The molecule has 2 rings (SSSR count). The monoisotopic (exact) mass is 284 g/mol. The Morgan fingerprint density at radius 3 is 2.60 bits per heavy atom. The summed E-state index contributed by atoms with van der Waals surface area (Å²) in [5.41, 5.74) is 1.03. The summed E-state index contributed by atoms with van der Waals surface area (Å²) in [6, 6.07) is 6.76. The minimum Gasteiger partial charge on any atom is -0.496 e. The van der Waals surface area contributed by atoms with Crippen LogP contribution in [0.2, 0.25) is 0 Å². The van der Waals surface area contributed by atoms with Gasteiger partial charge in [0, 0.05) is 18.2 Å². The van der Waals surface area contributed by atoms with Crippen LogP contribution in [0.3, 0.4) is 0 Å². The van der Waals surface area contributed by atoms with E-state index in [0.717, 1.165) is 12.8 Å². The van der Waals surface area contributed by atoms with Crippen LogP contribution < -0.4 is 4.74 Å². The summed E-state index contributed by atoms with van der Waals surface area (Å²) < 4.78 is 43.0. The Hall–Kier alpha value is -1.74. The predicted molar refractivity (Wildman–Crippen MR) is 67.2 cm³/mol. The Morgan fingerprint density at radius 2 is 2.10 bits per heavy atom. The van der Waals surface area contributed by atoms with Crippen LogP contribution in [0, 0.1) is 11.3 Å². The first-order chi connectivity index (χ1) is 9.43. The van der Waals surface area contributed by atoms with Crippen molar-refractivity contribution in [3.8, 4) is 11.8 Å². The maximum absolute atomic E-state index is 12.6. The van der Waals surface area contributed by atoms with E-state index in [0.29, 0.717) is 16.9 Å². The van der Waals surface area contributed by atoms with E-state index < -0.39 is 12.7 Å². The van der Waals surface area contributed by atoms with E-state index in [1.54, 1.807) is 18.2 Å². The molecule has 0 saturated heterocycles. The van der Waals surface area contributed by atoms with Crippen LogP contribution in [-0.4, -0.2) is 30.8 Å². The molecule has 108 valence electrons. The Bertz CT molecular complexity index is 518. The number of ether oxygens (including phenoxy) is 1. The molecule has 1 aliphatic carbocycles. The average molecular weight is 284 g/mol. The molecule has 0 heterocycles. The van der Waals surface area contributed by atoms with Crippen molar-refractivity contribution in [1.82, 2.24) is 4.90 Å². The van der Waals surface area contributed by atoms with E-state index in [1.165, 1.54) is 12.0 Å². The number of nitrogens with zero attached hydrogens (tertiary/aromatic N) is 2. The lowest BCUT2D eigenvalue weighted by Gasteiger charge is -2.24. The largest absolute Gasteiger partial charge is 0.496 e. The van der Waals surface area contributed by atoms with E-state index in [-0.39, 0.29) is 12.6 Å². The third-order valence-corrected chi connectivity index (χ3v) is 3.23. The van der Waals surface area contributed by atoms with Gasteiger partial charge in [0.1, 0.15) is 5.75 Å². The number of rotatable bonds is 5. The average Bonchev–Trinajstić information content (AvgIpc) is 3.20. The van der Waals surface area contributed by atoms with Crippen LogP contribution in [0.15, 0.2) is 18.2 Å². The highest BCUT2D eigenvalue weighted by molar-refractivity contribution is 5.42. The molecule has 0 aromatic heterocycles. The van der Waals surface area contributed by atoms with Gasteiger partial charge in [-0.25, -0.2) is 0 Å². The van der Waals surface area contributed by atoms with Gasteiger partial charge >= 0.3 is 6.18 Å². The Balaban J connectivity index is 2.19. The van der Waals surface area contributed by atoms with Gasteiger partial charge < -0.3 is 4.74 Å². The summed E-state index contributed by atoms with van der Waals surface area (Å²) >= 11 is 0. The summed E-state index contributed by atoms with van der Waals surface area (Å²) in [6.45, 7) is -0.791. The van der Waals surface area contributed by atoms with Gasteiger partial charge in [-0.2, -0.15) is 18.4 Å². The van der Waals surface area contributed by atoms with Crippen LogP contribution in [0.5, 0.6) is 5.75 Å². The van der Waals surface area contributed by atoms with Crippen molar-refractivity contribution in [2.24, 2.45) is 0 Å². The van der Waals surface area contributed by atoms with Crippen molar-refractivity contribution < 1.29 is 17.9 Å². The zero-order chi connectivity index (χ0) is 14.8. The summed E-state index contributed by atoms with van der Waals surface area (Å²) in [5.74, 6) is 0.511. The topological polar surface area (TPSA) is 36.3 Å². The van der Waals surface area contributed by atoms with Crippen LogP contribution in [0.1, 0.15) is 24.0 Å². The fourth-order valence-corrected chi connectivity index (χ4v) is 2.17. The molecule has 1 aliphatic rings. The Kier molecular flexibility index (Phi) is 4.19. The quantitative estimate of drug-likeness (QED) is 0.833. The predicted octanol–water partition coefficient (Wildman–Crippen LogP) is 3.09. The molecular weight excluding hydrogens is 269 g/mol. The maximum atomic E-state index is 12.6. The van der Waals surface area contributed by atoms with Gasteiger partial charge in [-0.1, -0.05) is 0 Å². The molecule has 1 aromatic rings. The highest BCUT2D eigenvalue weighted by Crippen LogP contribution is 2.33. The first-order valence-corrected chi connectivity index (χ1v) is 6.31. The van der Waals surface area contributed by atoms with Gasteiger partial charge in [-0.05, 0) is 31.0 Å². The summed E-state index contributed by atoms with van der Waals surface area (Å²) in [6.07, 6.45) is -2.64. The number of halogens is 3. The zero-order valence-corrected chi connectivity index (χ0v) is 11.1. The maximum Gasteiger partial charge on any atom is 0.401 e. The van der Waals surface area contributed by atoms with E-state index in [4.69, 9.17) is 10.00 Å². The van der Waals surface area contributed by atoms with Gasteiger partial charge in [-0.15, -0.1) is 0 Å². The minimum absolute atomic E-state index is 0.0212. The molecule has 1 aromatic carbocycles. The molecule has 0 amide bonds. The highest BCUT2D eigenvalue weighted by Gasteiger charge is 2.38. The van der Waals surface area contributed by atoms with Crippen molar-refractivity contribution in [1.29, 1.82) is 5.26 Å². The first-order valence-electron chi connectivity index (χ1n) is 6.31. The smallest absolute Gasteiger partial charge is 0.401 e. The second-order valence-electron chi connectivity index (χ2n) is 4.89. The third kappa shape index (κ3) is 3.87. The standard InChI is InChI=1S/C14H15F3N2O/c1-20-13-5-2-10(7-18)6-11(13)8-19(12-3-4-12)9-14(15,16)17/h2,5-6,12H,3-4,8-9H2,1H3. The lowest BCUT2D eigenvalue weighted by Crippen LogP contribution is -2.35. The summed E-state index contributed by atoms with van der Waals surface area (Å²) in [5, 5.41) is 8.88. The van der Waals surface area contributed by atoms with Crippen LogP contribution in [-0.2, 0) is 6.54 Å². The molecule has 0 unspecified atom stereocenters. The molecule has 0 atom stereocenters. The van der Waals surface area contributed by atoms with Crippen molar-refractivity contribution >= 4 is 0 Å². The Morgan fingerprint density at radius 1 is 1.40 bits per heavy atom. The number of nitriles is 1. The number of benzene rings is 1. The van der Waals surface area contributed by atoms with E-state index >= 15 is 0 Å². The second kappa shape index (κ2) is 5.71. The van der Waals surface area contributed by atoms with Crippen LogP contribution >= 0.6 is 0 Å². The molecule has 0 spiro atoms. The Labute approximate surface area is 115 Å². The molecule has 20 heavy (non-hydrogen) atoms. The first kappa shape index (κ1) is 14.7. The summed E-state index contributed by atoms with van der Waals surface area (Å²) in [4.78, 5) is 1.40. The number of hydrogen-bond donors (Lipinski definition) is 0. The van der Waals surface area contributed by atoms with Gasteiger partial charge in [0.15, 0.2) is 0 Å². The molecule has 0 radical (unpaired) electrons. The van der Waals surface area contributed by atoms with E-state index in [2.05, 4.69) is 0 Å². The molecule has 0 N–H and O–H groups in total. The molecular formula is C14H15F3N2O. The fraction of sp³-hybridized carbons (Fsp3) is 0.500. The lowest BCUT2D eigenvalue weighted by atomic mass is 10.1. The van der Waals surface area contributed by atoms with Gasteiger partial charge in [0.2, 0.25) is 0 Å². The van der Waals surface area contributed by atoms with Crippen molar-refractivity contribution in [2.45, 2.75) is 31.6 Å². The number of hydrogen-bond acceptors (Lipinski definition) is 3. The zero-order valence-electron chi connectivity index (χ0n) is 11.1.